The summed E-state index contributed by atoms with van der Waals surface area (Å²) in [5.74, 6) is -0.629. The van der Waals surface area contributed by atoms with E-state index in [0.29, 0.717) is 11.3 Å². The molecule has 9 heteroatoms. The number of aromatic amines is 1. The number of nitrogens with zero attached hydrogens (tertiary/aromatic N) is 1. The first kappa shape index (κ1) is 24.7. The molecular formula is C26H23F3N2O3S. The van der Waals surface area contributed by atoms with Crippen molar-refractivity contribution >= 4 is 28.6 Å². The Morgan fingerprint density at radius 1 is 1.09 bits per heavy atom. The van der Waals surface area contributed by atoms with Crippen LogP contribution in [-0.2, 0) is 11.0 Å². The predicted octanol–water partition coefficient (Wildman–Crippen LogP) is 7.01. The zero-order chi connectivity index (χ0) is 25.4. The minimum absolute atomic E-state index is 0.319. The van der Waals surface area contributed by atoms with Crippen molar-refractivity contribution < 1.29 is 27.8 Å². The highest BCUT2D eigenvalue weighted by Gasteiger charge is 2.31. The highest BCUT2D eigenvalue weighted by Crippen LogP contribution is 2.44. The number of nitrogens with one attached hydrogen (secondary N) is 1. The van der Waals surface area contributed by atoms with Crippen molar-refractivity contribution in [1.82, 2.24) is 10.2 Å². The van der Waals surface area contributed by atoms with Gasteiger partial charge in [0.05, 0.1) is 22.5 Å². The topological polar surface area (TPSA) is 75.2 Å². The van der Waals surface area contributed by atoms with Crippen molar-refractivity contribution in [3.8, 4) is 5.75 Å². The number of carboxylic acid groups (broad SMARTS) is 1. The van der Waals surface area contributed by atoms with E-state index in [-0.39, 0.29) is 5.25 Å². The third-order valence-corrected chi connectivity index (χ3v) is 6.91. The number of thioether (sulfide) groups is 1. The molecule has 0 aliphatic heterocycles. The Kier molecular flexibility index (Phi) is 6.55. The lowest BCUT2D eigenvalue weighted by Crippen LogP contribution is -2.38. The van der Waals surface area contributed by atoms with Gasteiger partial charge >= 0.3 is 12.1 Å². The van der Waals surface area contributed by atoms with E-state index in [0.717, 1.165) is 39.1 Å². The normalized spacial score (nSPS) is 13.1. The van der Waals surface area contributed by atoms with Gasteiger partial charge in [-0.2, -0.15) is 18.3 Å². The number of carbonyl (C=O) groups is 1. The van der Waals surface area contributed by atoms with Crippen LogP contribution in [0.5, 0.6) is 5.75 Å². The number of fused-ring (bicyclic) bond motifs is 1. The van der Waals surface area contributed by atoms with Crippen LogP contribution in [0.4, 0.5) is 13.2 Å². The molecule has 0 amide bonds. The van der Waals surface area contributed by atoms with Crippen molar-refractivity contribution in [2.45, 2.75) is 42.7 Å². The maximum atomic E-state index is 13.1. The number of ether oxygens (including phenoxy) is 1. The number of halogens is 3. The second-order valence-electron chi connectivity index (χ2n) is 8.64. The molecule has 0 aliphatic carbocycles. The molecule has 1 atom stereocenters. The van der Waals surface area contributed by atoms with Crippen molar-refractivity contribution in [1.29, 1.82) is 0 Å². The second kappa shape index (κ2) is 9.30. The average Bonchev–Trinajstić information content (AvgIpc) is 3.28. The molecule has 0 bridgehead atoms. The third kappa shape index (κ3) is 5.30. The molecule has 4 rings (SSSR count). The number of hydrogen-bond donors (Lipinski definition) is 2. The number of benzene rings is 3. The molecule has 0 fully saturated rings. The monoisotopic (exact) mass is 500 g/mol. The van der Waals surface area contributed by atoms with Gasteiger partial charge in [0.2, 0.25) is 0 Å². The van der Waals surface area contributed by atoms with Crippen molar-refractivity contribution in [3.05, 3.63) is 89.1 Å². The molecule has 4 aromatic rings. The van der Waals surface area contributed by atoms with Gasteiger partial charge in [0.15, 0.2) is 5.60 Å². The quantitative estimate of drug-likeness (QED) is 0.267. The highest BCUT2D eigenvalue weighted by atomic mass is 32.2. The van der Waals surface area contributed by atoms with Gasteiger partial charge in [0.25, 0.3) is 0 Å². The summed E-state index contributed by atoms with van der Waals surface area (Å²) in [5.41, 5.74) is 1.10. The largest absolute Gasteiger partial charge is 0.478 e. The molecule has 0 spiro atoms. The molecule has 35 heavy (non-hydrogen) atoms. The molecule has 0 radical (unpaired) electrons. The fourth-order valence-corrected chi connectivity index (χ4v) is 4.93. The van der Waals surface area contributed by atoms with E-state index in [1.54, 1.807) is 12.3 Å². The summed E-state index contributed by atoms with van der Waals surface area (Å²) in [6.07, 6.45) is -2.71. The van der Waals surface area contributed by atoms with Gasteiger partial charge in [-0.1, -0.05) is 24.3 Å². The molecule has 0 saturated carbocycles. The summed E-state index contributed by atoms with van der Waals surface area (Å²) >= 11 is 1.48. The van der Waals surface area contributed by atoms with Crippen LogP contribution in [0.1, 0.15) is 41.4 Å². The summed E-state index contributed by atoms with van der Waals surface area (Å²) < 4.78 is 45.1. The number of alkyl halides is 3. The number of hydrogen-bond acceptors (Lipinski definition) is 4. The molecular weight excluding hydrogens is 477 g/mol. The fourth-order valence-electron chi connectivity index (χ4n) is 3.64. The standard InChI is InChI=1S/C26H23F3N2O3S/c1-15-13-18(11-12-22(15)34-25(2,3)24(32)33)35-23(16-7-9-17(10-8-16)26(27,28)29)19-5-4-6-21-20(19)14-30-31-21/h4-14,23H,1-3H3,(H,30,31)(H,32,33). The number of aliphatic carboxylic acids is 1. The Morgan fingerprint density at radius 3 is 2.43 bits per heavy atom. The van der Waals surface area contributed by atoms with Gasteiger partial charge in [-0.05, 0) is 73.9 Å². The number of rotatable bonds is 7. The molecule has 0 saturated heterocycles. The van der Waals surface area contributed by atoms with Crippen LogP contribution in [0.15, 0.2) is 71.8 Å². The predicted molar refractivity (Wildman–Crippen MR) is 129 cm³/mol. The molecule has 1 aromatic heterocycles. The van der Waals surface area contributed by atoms with Crippen LogP contribution in [-0.4, -0.2) is 26.9 Å². The lowest BCUT2D eigenvalue weighted by Gasteiger charge is -2.23. The first-order valence-electron chi connectivity index (χ1n) is 10.7. The van der Waals surface area contributed by atoms with E-state index >= 15 is 0 Å². The molecule has 0 aliphatic rings. The van der Waals surface area contributed by atoms with Gasteiger partial charge in [-0.3, -0.25) is 5.10 Å². The summed E-state index contributed by atoms with van der Waals surface area (Å²) in [6, 6.07) is 16.3. The Balaban J connectivity index is 1.72. The minimum Gasteiger partial charge on any atom is -0.478 e. The zero-order valence-electron chi connectivity index (χ0n) is 19.2. The molecule has 3 aromatic carbocycles. The van der Waals surface area contributed by atoms with E-state index < -0.39 is 23.3 Å². The Labute approximate surface area is 204 Å². The van der Waals surface area contributed by atoms with Crippen LogP contribution in [0.2, 0.25) is 0 Å². The van der Waals surface area contributed by atoms with Gasteiger partial charge in [0, 0.05) is 10.3 Å². The molecule has 5 nitrogen and oxygen atoms in total. The van der Waals surface area contributed by atoms with Crippen LogP contribution in [0, 0.1) is 6.92 Å². The van der Waals surface area contributed by atoms with Crippen LogP contribution < -0.4 is 4.74 Å². The van der Waals surface area contributed by atoms with Crippen LogP contribution in [0.25, 0.3) is 10.9 Å². The minimum atomic E-state index is -4.41. The summed E-state index contributed by atoms with van der Waals surface area (Å²) in [4.78, 5) is 12.3. The Bertz CT molecular complexity index is 1360. The number of aryl methyl sites for hydroxylation is 1. The third-order valence-electron chi connectivity index (χ3n) is 5.62. The van der Waals surface area contributed by atoms with Gasteiger partial charge in [-0.15, -0.1) is 11.8 Å². The summed E-state index contributed by atoms with van der Waals surface area (Å²) in [6.45, 7) is 4.77. The molecule has 2 N–H and O–H groups in total. The maximum absolute atomic E-state index is 13.1. The van der Waals surface area contributed by atoms with E-state index in [4.69, 9.17) is 4.74 Å². The maximum Gasteiger partial charge on any atom is 0.416 e. The smallest absolute Gasteiger partial charge is 0.416 e. The molecule has 182 valence electrons. The summed E-state index contributed by atoms with van der Waals surface area (Å²) in [5, 5.41) is 17.0. The Morgan fingerprint density at radius 2 is 1.80 bits per heavy atom. The lowest BCUT2D eigenvalue weighted by atomic mass is 10.00. The summed E-state index contributed by atoms with van der Waals surface area (Å²) in [7, 11) is 0. The van der Waals surface area contributed by atoms with Crippen molar-refractivity contribution in [2.24, 2.45) is 0 Å². The van der Waals surface area contributed by atoms with Crippen LogP contribution in [0.3, 0.4) is 0 Å². The average molecular weight is 501 g/mol. The van der Waals surface area contributed by atoms with E-state index in [2.05, 4.69) is 10.2 Å². The van der Waals surface area contributed by atoms with Gasteiger partial charge in [0.1, 0.15) is 5.75 Å². The van der Waals surface area contributed by atoms with E-state index in [9.17, 15) is 23.1 Å². The zero-order valence-corrected chi connectivity index (χ0v) is 20.0. The number of H-pyrrole nitrogens is 1. The first-order chi connectivity index (χ1) is 16.5. The van der Waals surface area contributed by atoms with Crippen molar-refractivity contribution in [2.75, 3.05) is 0 Å². The number of aromatic nitrogens is 2. The van der Waals surface area contributed by atoms with Crippen molar-refractivity contribution in [3.63, 3.8) is 0 Å². The lowest BCUT2D eigenvalue weighted by molar-refractivity contribution is -0.152. The van der Waals surface area contributed by atoms with Crippen LogP contribution >= 0.6 is 11.8 Å². The Hall–Kier alpha value is -3.46. The SMILES string of the molecule is Cc1cc(SC(c2ccc(C(F)(F)F)cc2)c2cccc3[nH]ncc23)ccc1OC(C)(C)C(=O)O. The van der Waals surface area contributed by atoms with Gasteiger partial charge in [-0.25, -0.2) is 4.79 Å². The fraction of sp³-hybridized carbons (Fsp3) is 0.231. The first-order valence-corrected chi connectivity index (χ1v) is 11.6. The highest BCUT2D eigenvalue weighted by molar-refractivity contribution is 7.99. The number of carboxylic acids is 1. The molecule has 1 unspecified atom stereocenters. The van der Waals surface area contributed by atoms with E-state index in [1.807, 2.05) is 37.3 Å². The molecule has 1 heterocycles. The van der Waals surface area contributed by atoms with Gasteiger partial charge < -0.3 is 9.84 Å². The second-order valence-corrected chi connectivity index (χ2v) is 9.82. The van der Waals surface area contributed by atoms with E-state index in [1.165, 1.54) is 37.7 Å².